The average molecular weight is 267 g/mol. The molecule has 1 saturated heterocycles. The van der Waals surface area contributed by atoms with Crippen LogP contribution in [0, 0.1) is 0 Å². The smallest absolute Gasteiger partial charge is 0.216 e. The van der Waals surface area contributed by atoms with Crippen molar-refractivity contribution in [3.05, 3.63) is 0 Å². The fourth-order valence-corrected chi connectivity index (χ4v) is 3.18. The van der Waals surface area contributed by atoms with Gasteiger partial charge in [0.15, 0.2) is 0 Å². The van der Waals surface area contributed by atoms with Crippen molar-refractivity contribution in [3.8, 4) is 0 Å². The Bertz CT molecular complexity index is 306. The van der Waals surface area contributed by atoms with E-state index in [0.29, 0.717) is 33.0 Å². The number of ether oxygens (including phenoxy) is 3. The fraction of sp³-hybridized carbons (Fsp3) is 1.00. The lowest BCUT2D eigenvalue weighted by atomic mass is 10.3. The minimum Gasteiger partial charge on any atom is -0.382 e. The molecule has 0 aromatic heterocycles. The largest absolute Gasteiger partial charge is 0.382 e. The molecule has 17 heavy (non-hydrogen) atoms. The van der Waals surface area contributed by atoms with E-state index in [0.717, 1.165) is 0 Å². The van der Waals surface area contributed by atoms with Crippen LogP contribution in [-0.4, -0.2) is 71.2 Å². The van der Waals surface area contributed by atoms with Gasteiger partial charge in [-0.1, -0.05) is 0 Å². The van der Waals surface area contributed by atoms with Gasteiger partial charge in [0.2, 0.25) is 10.0 Å². The first-order valence-electron chi connectivity index (χ1n) is 5.72. The summed E-state index contributed by atoms with van der Waals surface area (Å²) in [6.07, 6.45) is 0. The number of hydrogen-bond acceptors (Lipinski definition) is 5. The van der Waals surface area contributed by atoms with Gasteiger partial charge < -0.3 is 14.2 Å². The predicted octanol–water partition coefficient (Wildman–Crippen LogP) is -0.300. The molecule has 1 fully saturated rings. The van der Waals surface area contributed by atoms with Crippen LogP contribution in [0.4, 0.5) is 0 Å². The van der Waals surface area contributed by atoms with Gasteiger partial charge >= 0.3 is 0 Å². The molecule has 0 aromatic rings. The minimum atomic E-state index is -3.23. The summed E-state index contributed by atoms with van der Waals surface area (Å²) in [5, 5.41) is 0. The van der Waals surface area contributed by atoms with Crippen LogP contribution < -0.4 is 0 Å². The van der Waals surface area contributed by atoms with Crippen molar-refractivity contribution in [1.82, 2.24) is 4.31 Å². The van der Waals surface area contributed by atoms with E-state index < -0.39 is 10.0 Å². The van der Waals surface area contributed by atoms with Crippen LogP contribution in [-0.2, 0) is 24.2 Å². The molecule has 0 amide bonds. The molecular weight excluding hydrogens is 246 g/mol. The molecule has 0 N–H and O–H groups in total. The molecule has 1 aliphatic rings. The Morgan fingerprint density at radius 1 is 1.35 bits per heavy atom. The van der Waals surface area contributed by atoms with Gasteiger partial charge in [0.25, 0.3) is 0 Å². The molecular formula is C10H21NO5S. The lowest BCUT2D eigenvalue weighted by molar-refractivity contribution is 0.0383. The quantitative estimate of drug-likeness (QED) is 0.593. The monoisotopic (exact) mass is 267 g/mol. The van der Waals surface area contributed by atoms with Gasteiger partial charge in [-0.05, 0) is 6.92 Å². The number of nitrogens with zero attached hydrogens (tertiary/aromatic N) is 1. The highest BCUT2D eigenvalue weighted by molar-refractivity contribution is 7.89. The zero-order valence-corrected chi connectivity index (χ0v) is 11.2. The summed E-state index contributed by atoms with van der Waals surface area (Å²) in [7, 11) is -1.65. The maximum absolute atomic E-state index is 12.0. The lowest BCUT2D eigenvalue weighted by Gasteiger charge is -2.32. The van der Waals surface area contributed by atoms with Gasteiger partial charge in [-0.15, -0.1) is 0 Å². The van der Waals surface area contributed by atoms with Crippen LogP contribution in [0.15, 0.2) is 0 Å². The highest BCUT2D eigenvalue weighted by Gasteiger charge is 2.29. The molecule has 1 unspecified atom stereocenters. The van der Waals surface area contributed by atoms with Crippen molar-refractivity contribution in [2.45, 2.75) is 13.0 Å². The first kappa shape index (κ1) is 14.8. The van der Waals surface area contributed by atoms with Gasteiger partial charge in [-0.25, -0.2) is 8.42 Å². The summed E-state index contributed by atoms with van der Waals surface area (Å²) < 4.78 is 40.7. The fourth-order valence-electron chi connectivity index (χ4n) is 1.65. The third kappa shape index (κ3) is 4.89. The van der Waals surface area contributed by atoms with Crippen molar-refractivity contribution in [3.63, 3.8) is 0 Å². The molecule has 0 aliphatic carbocycles. The second-order valence-corrected chi connectivity index (χ2v) is 6.00. The zero-order valence-electron chi connectivity index (χ0n) is 10.4. The Labute approximate surface area is 103 Å². The Balaban J connectivity index is 2.34. The Morgan fingerprint density at radius 2 is 2.12 bits per heavy atom. The van der Waals surface area contributed by atoms with Crippen molar-refractivity contribution in [1.29, 1.82) is 0 Å². The van der Waals surface area contributed by atoms with Crippen LogP contribution in [0.1, 0.15) is 6.92 Å². The molecule has 7 heteroatoms. The van der Waals surface area contributed by atoms with Gasteiger partial charge in [-0.3, -0.25) is 0 Å². The second-order valence-electron chi connectivity index (χ2n) is 3.96. The van der Waals surface area contributed by atoms with E-state index in [4.69, 9.17) is 14.2 Å². The third-order valence-corrected chi connectivity index (χ3v) is 4.52. The molecule has 0 bridgehead atoms. The highest BCUT2D eigenvalue weighted by Crippen LogP contribution is 2.12. The molecule has 0 saturated carbocycles. The van der Waals surface area contributed by atoms with Crippen LogP contribution in [0.25, 0.3) is 0 Å². The Morgan fingerprint density at radius 3 is 2.76 bits per heavy atom. The number of sulfonamides is 1. The van der Waals surface area contributed by atoms with Gasteiger partial charge in [0.1, 0.15) is 0 Å². The first-order chi connectivity index (χ1) is 8.08. The minimum absolute atomic E-state index is 0.0149. The van der Waals surface area contributed by atoms with E-state index in [1.807, 2.05) is 6.92 Å². The SMILES string of the molecule is COCCOCCS(=O)(=O)N1CCOCC1C. The van der Waals surface area contributed by atoms with Crippen LogP contribution >= 0.6 is 0 Å². The van der Waals surface area contributed by atoms with Crippen molar-refractivity contribution >= 4 is 10.0 Å². The summed E-state index contributed by atoms with van der Waals surface area (Å²) in [5.74, 6) is 0.0149. The summed E-state index contributed by atoms with van der Waals surface area (Å²) in [5.41, 5.74) is 0. The maximum Gasteiger partial charge on any atom is 0.216 e. The van der Waals surface area contributed by atoms with Crippen LogP contribution in [0.3, 0.4) is 0 Å². The number of rotatable bonds is 7. The zero-order chi connectivity index (χ0) is 12.7. The van der Waals surface area contributed by atoms with E-state index in [2.05, 4.69) is 0 Å². The molecule has 102 valence electrons. The van der Waals surface area contributed by atoms with E-state index in [1.165, 1.54) is 4.31 Å². The van der Waals surface area contributed by atoms with E-state index >= 15 is 0 Å². The normalized spacial score (nSPS) is 22.8. The van der Waals surface area contributed by atoms with Crippen LogP contribution in [0.5, 0.6) is 0 Å². The Hall–Kier alpha value is -0.210. The summed E-state index contributed by atoms with van der Waals surface area (Å²) in [4.78, 5) is 0. The third-order valence-electron chi connectivity index (χ3n) is 2.58. The average Bonchev–Trinajstić information content (AvgIpc) is 2.29. The number of hydrogen-bond donors (Lipinski definition) is 0. The maximum atomic E-state index is 12.0. The summed E-state index contributed by atoms with van der Waals surface area (Å²) in [6, 6.07) is -0.0901. The lowest BCUT2D eigenvalue weighted by Crippen LogP contribution is -2.48. The molecule has 0 spiro atoms. The first-order valence-corrected chi connectivity index (χ1v) is 7.33. The predicted molar refractivity (Wildman–Crippen MR) is 63.5 cm³/mol. The highest BCUT2D eigenvalue weighted by atomic mass is 32.2. The van der Waals surface area contributed by atoms with Crippen LogP contribution in [0.2, 0.25) is 0 Å². The molecule has 0 aromatic carbocycles. The summed E-state index contributed by atoms with van der Waals surface area (Å²) in [6.45, 7) is 4.32. The van der Waals surface area contributed by atoms with Crippen molar-refractivity contribution < 1.29 is 22.6 Å². The number of methoxy groups -OCH3 is 1. The summed E-state index contributed by atoms with van der Waals surface area (Å²) >= 11 is 0. The second kappa shape index (κ2) is 7.27. The van der Waals surface area contributed by atoms with Gasteiger partial charge in [0.05, 0.1) is 38.8 Å². The topological polar surface area (TPSA) is 65.1 Å². The van der Waals surface area contributed by atoms with Gasteiger partial charge in [-0.2, -0.15) is 4.31 Å². The molecule has 1 heterocycles. The van der Waals surface area contributed by atoms with Crippen molar-refractivity contribution in [2.24, 2.45) is 0 Å². The van der Waals surface area contributed by atoms with Crippen molar-refractivity contribution in [2.75, 3.05) is 52.4 Å². The molecule has 0 radical (unpaired) electrons. The standard InChI is InChI=1S/C10H21NO5S/c1-10-9-16-4-3-11(10)17(12,13)8-7-15-6-5-14-2/h10H,3-9H2,1-2H3. The molecule has 1 aliphatic heterocycles. The van der Waals surface area contributed by atoms with E-state index in [-0.39, 0.29) is 18.4 Å². The molecule has 6 nitrogen and oxygen atoms in total. The van der Waals surface area contributed by atoms with E-state index in [9.17, 15) is 8.42 Å². The Kier molecular flexibility index (Phi) is 6.35. The molecule has 1 atom stereocenters. The molecule has 1 rings (SSSR count). The number of morpholine rings is 1. The van der Waals surface area contributed by atoms with Gasteiger partial charge in [0, 0.05) is 19.7 Å². The van der Waals surface area contributed by atoms with E-state index in [1.54, 1.807) is 7.11 Å².